The first kappa shape index (κ1) is 15.7. The molecule has 23 heavy (non-hydrogen) atoms. The average molecular weight is 317 g/mol. The number of carbonyl (C=O) groups excluding carboxylic acids is 1. The molecule has 1 saturated heterocycles. The van der Waals surface area contributed by atoms with E-state index in [0.29, 0.717) is 17.1 Å². The van der Waals surface area contributed by atoms with Crippen LogP contribution in [0.1, 0.15) is 43.4 Å². The van der Waals surface area contributed by atoms with Crippen molar-refractivity contribution in [1.82, 2.24) is 19.9 Å². The molecule has 0 saturated carbocycles. The molecule has 2 aromatic heterocycles. The molecular formula is C16H23N5O2. The van der Waals surface area contributed by atoms with Crippen molar-refractivity contribution in [3.63, 3.8) is 0 Å². The highest BCUT2D eigenvalue weighted by Gasteiger charge is 2.27. The van der Waals surface area contributed by atoms with Crippen LogP contribution in [0.15, 0.2) is 12.3 Å². The number of nitrogens with one attached hydrogen (secondary N) is 1. The molecule has 0 radical (unpaired) electrons. The zero-order valence-corrected chi connectivity index (χ0v) is 14.0. The average Bonchev–Trinajstić information content (AvgIpc) is 3.09. The van der Waals surface area contributed by atoms with E-state index in [4.69, 9.17) is 0 Å². The first-order valence-corrected chi connectivity index (χ1v) is 7.90. The Morgan fingerprint density at radius 3 is 2.78 bits per heavy atom. The SMILES string of the molecule is CNC(=O)c1nc2c(C(C)(C)O)cc(N3CCC(C)C3)cn2n1. The summed E-state index contributed by atoms with van der Waals surface area (Å²) >= 11 is 0. The van der Waals surface area contributed by atoms with E-state index in [9.17, 15) is 9.90 Å². The second-order valence-corrected chi connectivity index (χ2v) is 6.79. The summed E-state index contributed by atoms with van der Waals surface area (Å²) in [5.74, 6) is 0.408. The first-order valence-electron chi connectivity index (χ1n) is 7.90. The molecule has 1 aliphatic heterocycles. The molecule has 1 atom stereocenters. The van der Waals surface area contributed by atoms with Crippen molar-refractivity contribution >= 4 is 17.2 Å². The molecule has 1 aliphatic rings. The first-order chi connectivity index (χ1) is 10.8. The summed E-state index contributed by atoms with van der Waals surface area (Å²) in [7, 11) is 1.54. The molecule has 0 spiro atoms. The third-order valence-electron chi connectivity index (χ3n) is 4.30. The molecule has 0 aliphatic carbocycles. The smallest absolute Gasteiger partial charge is 0.290 e. The molecule has 2 N–H and O–H groups in total. The van der Waals surface area contributed by atoms with E-state index in [2.05, 4.69) is 27.2 Å². The number of aliphatic hydroxyl groups is 1. The van der Waals surface area contributed by atoms with Crippen molar-refractivity contribution in [2.75, 3.05) is 25.0 Å². The Labute approximate surface area is 135 Å². The highest BCUT2D eigenvalue weighted by atomic mass is 16.3. The monoisotopic (exact) mass is 317 g/mol. The van der Waals surface area contributed by atoms with Crippen LogP contribution in [-0.4, -0.2) is 45.7 Å². The molecule has 1 fully saturated rings. The van der Waals surface area contributed by atoms with Gasteiger partial charge in [0, 0.05) is 25.7 Å². The van der Waals surface area contributed by atoms with E-state index in [0.717, 1.165) is 25.2 Å². The highest BCUT2D eigenvalue weighted by molar-refractivity contribution is 5.90. The number of hydrogen-bond acceptors (Lipinski definition) is 5. The van der Waals surface area contributed by atoms with E-state index < -0.39 is 5.60 Å². The Morgan fingerprint density at radius 2 is 2.22 bits per heavy atom. The highest BCUT2D eigenvalue weighted by Crippen LogP contribution is 2.30. The number of aromatic nitrogens is 3. The maximum atomic E-state index is 11.8. The Morgan fingerprint density at radius 1 is 1.48 bits per heavy atom. The minimum absolute atomic E-state index is 0.102. The van der Waals surface area contributed by atoms with Gasteiger partial charge in [-0.2, -0.15) is 0 Å². The van der Waals surface area contributed by atoms with Gasteiger partial charge < -0.3 is 15.3 Å². The number of anilines is 1. The summed E-state index contributed by atoms with van der Waals surface area (Å²) in [4.78, 5) is 18.4. The maximum Gasteiger partial charge on any atom is 0.290 e. The van der Waals surface area contributed by atoms with Gasteiger partial charge in [-0.3, -0.25) is 4.79 Å². The van der Waals surface area contributed by atoms with Gasteiger partial charge in [0.25, 0.3) is 5.91 Å². The van der Waals surface area contributed by atoms with Gasteiger partial charge in [0.2, 0.25) is 5.82 Å². The molecule has 3 rings (SSSR count). The minimum Gasteiger partial charge on any atom is -0.386 e. The van der Waals surface area contributed by atoms with E-state index in [-0.39, 0.29) is 11.7 Å². The van der Waals surface area contributed by atoms with Crippen molar-refractivity contribution in [1.29, 1.82) is 0 Å². The molecule has 124 valence electrons. The normalized spacial score (nSPS) is 18.7. The van der Waals surface area contributed by atoms with Gasteiger partial charge in [0.05, 0.1) is 17.5 Å². The van der Waals surface area contributed by atoms with Gasteiger partial charge in [-0.25, -0.2) is 9.50 Å². The van der Waals surface area contributed by atoms with Crippen LogP contribution in [0.3, 0.4) is 0 Å². The van der Waals surface area contributed by atoms with Crippen LogP contribution >= 0.6 is 0 Å². The summed E-state index contributed by atoms with van der Waals surface area (Å²) in [5, 5.41) is 17.3. The van der Waals surface area contributed by atoms with Crippen molar-refractivity contribution < 1.29 is 9.90 Å². The zero-order valence-electron chi connectivity index (χ0n) is 14.0. The number of amides is 1. The van der Waals surface area contributed by atoms with Crippen LogP contribution in [0.25, 0.3) is 5.65 Å². The zero-order chi connectivity index (χ0) is 16.8. The van der Waals surface area contributed by atoms with E-state index in [1.54, 1.807) is 25.4 Å². The summed E-state index contributed by atoms with van der Waals surface area (Å²) in [6, 6.07) is 1.95. The topological polar surface area (TPSA) is 82.8 Å². The van der Waals surface area contributed by atoms with Crippen LogP contribution in [0.2, 0.25) is 0 Å². The van der Waals surface area contributed by atoms with E-state index >= 15 is 0 Å². The van der Waals surface area contributed by atoms with Crippen LogP contribution < -0.4 is 10.2 Å². The van der Waals surface area contributed by atoms with Crippen molar-refractivity contribution in [2.24, 2.45) is 5.92 Å². The predicted octanol–water partition coefficient (Wildman–Crippen LogP) is 1.16. The Kier molecular flexibility index (Phi) is 3.75. The van der Waals surface area contributed by atoms with Gasteiger partial charge >= 0.3 is 0 Å². The van der Waals surface area contributed by atoms with Crippen molar-refractivity contribution in [3.8, 4) is 0 Å². The fourth-order valence-electron chi connectivity index (χ4n) is 2.97. The van der Waals surface area contributed by atoms with Crippen LogP contribution in [0, 0.1) is 5.92 Å². The third-order valence-corrected chi connectivity index (χ3v) is 4.30. The largest absolute Gasteiger partial charge is 0.386 e. The third kappa shape index (κ3) is 2.88. The van der Waals surface area contributed by atoms with Gasteiger partial charge in [-0.1, -0.05) is 6.92 Å². The summed E-state index contributed by atoms with van der Waals surface area (Å²) in [6.45, 7) is 7.62. The molecule has 2 aromatic rings. The minimum atomic E-state index is -1.07. The Bertz CT molecular complexity index is 747. The van der Waals surface area contributed by atoms with Crippen LogP contribution in [-0.2, 0) is 5.60 Å². The molecule has 1 amide bonds. The van der Waals surface area contributed by atoms with Crippen LogP contribution in [0.5, 0.6) is 0 Å². The Balaban J connectivity index is 2.15. The summed E-state index contributed by atoms with van der Waals surface area (Å²) in [5.41, 5.74) is 1.09. The number of hydrogen-bond donors (Lipinski definition) is 2. The Hall–Kier alpha value is -2.15. The molecule has 7 heteroatoms. The maximum absolute atomic E-state index is 11.8. The number of pyridine rings is 1. The van der Waals surface area contributed by atoms with Crippen molar-refractivity contribution in [3.05, 3.63) is 23.7 Å². The molecule has 1 unspecified atom stereocenters. The molecular weight excluding hydrogens is 294 g/mol. The quantitative estimate of drug-likeness (QED) is 0.888. The number of carbonyl (C=O) groups is 1. The van der Waals surface area contributed by atoms with Gasteiger partial charge in [0.15, 0.2) is 5.65 Å². The lowest BCUT2D eigenvalue weighted by Gasteiger charge is -2.23. The van der Waals surface area contributed by atoms with E-state index in [1.807, 2.05) is 12.3 Å². The number of nitrogens with zero attached hydrogens (tertiary/aromatic N) is 4. The molecule has 0 bridgehead atoms. The second-order valence-electron chi connectivity index (χ2n) is 6.79. The lowest BCUT2D eigenvalue weighted by atomic mass is 9.99. The summed E-state index contributed by atoms with van der Waals surface area (Å²) in [6.07, 6.45) is 3.03. The second kappa shape index (κ2) is 5.49. The predicted molar refractivity (Wildman–Crippen MR) is 87.6 cm³/mol. The lowest BCUT2D eigenvalue weighted by Crippen LogP contribution is -2.22. The molecule has 3 heterocycles. The lowest BCUT2D eigenvalue weighted by molar-refractivity contribution is 0.0795. The van der Waals surface area contributed by atoms with Crippen LogP contribution in [0.4, 0.5) is 5.69 Å². The summed E-state index contributed by atoms with van der Waals surface area (Å²) < 4.78 is 1.59. The molecule has 7 nitrogen and oxygen atoms in total. The van der Waals surface area contributed by atoms with Gasteiger partial charge in [-0.15, -0.1) is 5.10 Å². The van der Waals surface area contributed by atoms with Crippen molar-refractivity contribution in [2.45, 2.75) is 32.8 Å². The van der Waals surface area contributed by atoms with Gasteiger partial charge in [-0.05, 0) is 32.3 Å². The fraction of sp³-hybridized carbons (Fsp3) is 0.562. The number of rotatable bonds is 3. The van der Waals surface area contributed by atoms with Gasteiger partial charge in [0.1, 0.15) is 0 Å². The van der Waals surface area contributed by atoms with E-state index in [1.165, 1.54) is 0 Å². The number of fused-ring (bicyclic) bond motifs is 1. The fourth-order valence-corrected chi connectivity index (χ4v) is 2.97. The molecule has 0 aromatic carbocycles. The standard InChI is InChI=1S/C16H23N5O2/c1-10-5-6-20(8-10)11-7-12(16(2,3)23)14-18-13(15(22)17-4)19-21(14)9-11/h7,9-10,23H,5-6,8H2,1-4H3,(H,17,22).